The number of hydrogen-bond acceptors (Lipinski definition) is 3. The van der Waals surface area contributed by atoms with Gasteiger partial charge in [-0.25, -0.2) is 0 Å². The Morgan fingerprint density at radius 2 is 2.00 bits per heavy atom. The van der Waals surface area contributed by atoms with Gasteiger partial charge in [-0.15, -0.1) is 0 Å². The number of rotatable bonds is 3. The number of nitrogen functional groups attached to an aromatic ring is 1. The van der Waals surface area contributed by atoms with Gasteiger partial charge in [-0.3, -0.25) is 0 Å². The highest BCUT2D eigenvalue weighted by Gasteiger charge is 2.33. The summed E-state index contributed by atoms with van der Waals surface area (Å²) in [6.07, 6.45) is -5.09. The van der Waals surface area contributed by atoms with Gasteiger partial charge in [-0.1, -0.05) is 0 Å². The summed E-state index contributed by atoms with van der Waals surface area (Å²) in [6.45, 7) is 1.82. The zero-order valence-electron chi connectivity index (χ0n) is 9.62. The van der Waals surface area contributed by atoms with Crippen LogP contribution in [0, 0.1) is 0 Å². The maximum absolute atomic E-state index is 12.6. The zero-order valence-corrected chi connectivity index (χ0v) is 9.62. The van der Waals surface area contributed by atoms with Crippen LogP contribution in [0.1, 0.15) is 12.5 Å². The highest BCUT2D eigenvalue weighted by atomic mass is 19.4. The second-order valence-corrected chi connectivity index (χ2v) is 4.00. The number of alkyl halides is 3. The third-order valence-corrected chi connectivity index (χ3v) is 2.32. The molecule has 1 unspecified atom stereocenters. The molecule has 0 radical (unpaired) electrons. The molecular weight excluding hydrogens is 233 g/mol. The van der Waals surface area contributed by atoms with E-state index in [0.29, 0.717) is 5.69 Å². The van der Waals surface area contributed by atoms with E-state index in [1.807, 2.05) is 0 Å². The average molecular weight is 248 g/mol. The second-order valence-electron chi connectivity index (χ2n) is 4.00. The monoisotopic (exact) mass is 248 g/mol. The van der Waals surface area contributed by atoms with Crippen molar-refractivity contribution in [2.24, 2.45) is 0 Å². The molecule has 17 heavy (non-hydrogen) atoms. The van der Waals surface area contributed by atoms with Crippen molar-refractivity contribution < 1.29 is 18.3 Å². The van der Waals surface area contributed by atoms with E-state index in [9.17, 15) is 18.3 Å². The van der Waals surface area contributed by atoms with Crippen molar-refractivity contribution in [3.63, 3.8) is 0 Å². The molecule has 1 aromatic rings. The number of benzene rings is 1. The summed E-state index contributed by atoms with van der Waals surface area (Å²) in [5.41, 5.74) is 4.50. The fourth-order valence-electron chi connectivity index (χ4n) is 1.53. The van der Waals surface area contributed by atoms with E-state index >= 15 is 0 Å². The maximum Gasteiger partial charge on any atom is 0.418 e. The maximum atomic E-state index is 12.6. The third kappa shape index (κ3) is 3.52. The van der Waals surface area contributed by atoms with E-state index in [1.54, 1.807) is 18.9 Å². The number of likely N-dealkylation sites (N-methyl/N-ethyl adjacent to an activating group) is 1. The highest BCUT2D eigenvalue weighted by molar-refractivity contribution is 5.59. The number of halogens is 3. The Bertz CT molecular complexity index is 391. The first-order valence-electron chi connectivity index (χ1n) is 5.07. The zero-order chi connectivity index (χ0) is 13.2. The van der Waals surface area contributed by atoms with E-state index in [2.05, 4.69) is 0 Å². The number of anilines is 2. The molecule has 0 aromatic heterocycles. The molecule has 0 saturated carbocycles. The Kier molecular flexibility index (Phi) is 3.87. The molecule has 96 valence electrons. The molecule has 1 atom stereocenters. The minimum Gasteiger partial charge on any atom is -0.398 e. The molecule has 0 bridgehead atoms. The van der Waals surface area contributed by atoms with Gasteiger partial charge in [0, 0.05) is 25.0 Å². The molecular formula is C11H15F3N2O. The van der Waals surface area contributed by atoms with Crippen molar-refractivity contribution in [2.45, 2.75) is 19.2 Å². The number of nitrogens with two attached hydrogens (primary N) is 1. The molecule has 1 aromatic carbocycles. The van der Waals surface area contributed by atoms with Crippen LogP contribution in [0.5, 0.6) is 0 Å². The fraction of sp³-hybridized carbons (Fsp3) is 0.455. The topological polar surface area (TPSA) is 49.5 Å². The van der Waals surface area contributed by atoms with Crippen LogP contribution in [-0.2, 0) is 6.18 Å². The van der Waals surface area contributed by atoms with Gasteiger partial charge in [0.1, 0.15) is 0 Å². The standard InChI is InChI=1S/C11H15F3N2O/c1-7(17)6-16(2)8-3-4-10(15)9(5-8)11(12,13)14/h3-5,7,17H,6,15H2,1-2H3. The molecule has 0 aliphatic rings. The fourth-order valence-corrected chi connectivity index (χ4v) is 1.53. The van der Waals surface area contributed by atoms with E-state index in [4.69, 9.17) is 5.73 Å². The summed E-state index contributed by atoms with van der Waals surface area (Å²) in [6, 6.07) is 3.70. The molecule has 3 N–H and O–H groups in total. The van der Waals surface area contributed by atoms with E-state index in [1.165, 1.54) is 12.1 Å². The van der Waals surface area contributed by atoms with Gasteiger partial charge in [-0.05, 0) is 25.1 Å². The lowest BCUT2D eigenvalue weighted by Crippen LogP contribution is -2.27. The quantitative estimate of drug-likeness (QED) is 0.805. The Morgan fingerprint density at radius 3 is 2.47 bits per heavy atom. The Labute approximate surface area is 97.6 Å². The SMILES string of the molecule is CC(O)CN(C)c1ccc(N)c(C(F)(F)F)c1. The first kappa shape index (κ1) is 13.6. The summed E-state index contributed by atoms with van der Waals surface area (Å²) < 4.78 is 37.8. The number of hydrogen-bond donors (Lipinski definition) is 2. The lowest BCUT2D eigenvalue weighted by atomic mass is 10.1. The van der Waals surface area contributed by atoms with Crippen molar-refractivity contribution >= 4 is 11.4 Å². The Hall–Kier alpha value is -1.43. The van der Waals surface area contributed by atoms with Gasteiger partial charge >= 0.3 is 6.18 Å². The third-order valence-electron chi connectivity index (χ3n) is 2.32. The number of nitrogens with zero attached hydrogens (tertiary/aromatic N) is 1. The molecule has 0 amide bonds. The van der Waals surface area contributed by atoms with Crippen LogP contribution in [0.2, 0.25) is 0 Å². The molecule has 0 aliphatic heterocycles. The summed E-state index contributed by atoms with van der Waals surface area (Å²) >= 11 is 0. The first-order chi connectivity index (χ1) is 7.71. The van der Waals surface area contributed by atoms with Crippen LogP contribution in [0.15, 0.2) is 18.2 Å². The largest absolute Gasteiger partial charge is 0.418 e. The van der Waals surface area contributed by atoms with Crippen LogP contribution in [-0.4, -0.2) is 24.8 Å². The average Bonchev–Trinajstić information content (AvgIpc) is 2.15. The molecule has 0 heterocycles. The minimum atomic E-state index is -4.47. The van der Waals surface area contributed by atoms with Crippen LogP contribution in [0.4, 0.5) is 24.5 Å². The van der Waals surface area contributed by atoms with Gasteiger partial charge in [-0.2, -0.15) is 13.2 Å². The van der Waals surface area contributed by atoms with Gasteiger partial charge in [0.2, 0.25) is 0 Å². The van der Waals surface area contributed by atoms with Gasteiger partial charge in [0.05, 0.1) is 11.7 Å². The van der Waals surface area contributed by atoms with E-state index in [0.717, 1.165) is 6.07 Å². The van der Waals surface area contributed by atoms with Crippen molar-refractivity contribution in [3.8, 4) is 0 Å². The summed E-state index contributed by atoms with van der Waals surface area (Å²) in [4.78, 5) is 1.54. The normalized spacial score (nSPS) is 13.5. The second kappa shape index (κ2) is 4.83. The van der Waals surface area contributed by atoms with Crippen molar-refractivity contribution in [2.75, 3.05) is 24.2 Å². The van der Waals surface area contributed by atoms with Gasteiger partial charge in [0.15, 0.2) is 0 Å². The summed E-state index contributed by atoms with van der Waals surface area (Å²) in [7, 11) is 1.61. The first-order valence-corrected chi connectivity index (χ1v) is 5.07. The predicted molar refractivity (Wildman–Crippen MR) is 60.8 cm³/mol. The van der Waals surface area contributed by atoms with E-state index < -0.39 is 17.8 Å². The number of aliphatic hydroxyl groups excluding tert-OH is 1. The molecule has 0 spiro atoms. The highest BCUT2D eigenvalue weighted by Crippen LogP contribution is 2.35. The van der Waals surface area contributed by atoms with Crippen LogP contribution in [0.3, 0.4) is 0 Å². The predicted octanol–water partition coefficient (Wildman–Crippen LogP) is 2.10. The van der Waals surface area contributed by atoms with Crippen LogP contribution in [0.25, 0.3) is 0 Å². The van der Waals surface area contributed by atoms with Crippen LogP contribution >= 0.6 is 0 Å². The van der Waals surface area contributed by atoms with E-state index in [-0.39, 0.29) is 12.2 Å². The molecule has 0 saturated heterocycles. The van der Waals surface area contributed by atoms with Crippen molar-refractivity contribution in [3.05, 3.63) is 23.8 Å². The van der Waals surface area contributed by atoms with Gasteiger partial charge in [0.25, 0.3) is 0 Å². The van der Waals surface area contributed by atoms with Gasteiger partial charge < -0.3 is 15.7 Å². The smallest absolute Gasteiger partial charge is 0.398 e. The van der Waals surface area contributed by atoms with Crippen molar-refractivity contribution in [1.82, 2.24) is 0 Å². The summed E-state index contributed by atoms with van der Waals surface area (Å²) in [5.74, 6) is 0. The molecule has 0 fully saturated rings. The summed E-state index contributed by atoms with van der Waals surface area (Å²) in [5, 5.41) is 9.18. The van der Waals surface area contributed by atoms with Crippen LogP contribution < -0.4 is 10.6 Å². The molecule has 6 heteroatoms. The minimum absolute atomic E-state index is 0.251. The Balaban J connectivity index is 3.04. The molecule has 1 rings (SSSR count). The number of aliphatic hydroxyl groups is 1. The lowest BCUT2D eigenvalue weighted by Gasteiger charge is -2.22. The Morgan fingerprint density at radius 1 is 1.41 bits per heavy atom. The van der Waals surface area contributed by atoms with Crippen molar-refractivity contribution in [1.29, 1.82) is 0 Å². The molecule has 3 nitrogen and oxygen atoms in total. The lowest BCUT2D eigenvalue weighted by molar-refractivity contribution is -0.136. The molecule has 0 aliphatic carbocycles.